The molecule has 1 aliphatic rings. The van der Waals surface area contributed by atoms with E-state index in [1.54, 1.807) is 24.3 Å². The molecular weight excluding hydrogens is 314 g/mol. The van der Waals surface area contributed by atoms with Crippen molar-refractivity contribution < 1.29 is 9.59 Å². The molecule has 2 N–H and O–H groups in total. The molecule has 1 saturated heterocycles. The molecule has 1 aromatic carbocycles. The first-order chi connectivity index (χ1) is 10.7. The average Bonchev–Trinajstić information content (AvgIpc) is 2.59. The van der Waals surface area contributed by atoms with Gasteiger partial charge in [0.25, 0.3) is 11.8 Å². The fourth-order valence-electron chi connectivity index (χ4n) is 2.69. The normalized spacial score (nSPS) is 15.0. The summed E-state index contributed by atoms with van der Waals surface area (Å²) in [6, 6.07) is 7.49. The highest BCUT2D eigenvalue weighted by molar-refractivity contribution is 5.99. The molecule has 1 aromatic rings. The van der Waals surface area contributed by atoms with Crippen molar-refractivity contribution in [3.63, 3.8) is 0 Å². The van der Waals surface area contributed by atoms with Gasteiger partial charge in [-0.05, 0) is 44.5 Å². The lowest BCUT2D eigenvalue weighted by molar-refractivity contribution is 0.0707. The van der Waals surface area contributed by atoms with Crippen LogP contribution in [0, 0.1) is 0 Å². The smallest absolute Gasteiger partial charge is 0.253 e. The molecule has 128 valence electrons. The van der Waals surface area contributed by atoms with Gasteiger partial charge in [-0.3, -0.25) is 9.59 Å². The van der Waals surface area contributed by atoms with E-state index < -0.39 is 0 Å². The first-order valence-electron chi connectivity index (χ1n) is 8.00. The highest BCUT2D eigenvalue weighted by Crippen LogP contribution is 2.15. The van der Waals surface area contributed by atoms with E-state index in [9.17, 15) is 9.59 Å². The Morgan fingerprint density at radius 2 is 1.87 bits per heavy atom. The van der Waals surface area contributed by atoms with Crippen molar-refractivity contribution in [3.05, 3.63) is 35.4 Å². The van der Waals surface area contributed by atoms with E-state index in [1.165, 1.54) is 0 Å². The summed E-state index contributed by atoms with van der Waals surface area (Å²) in [6.07, 6.45) is 2.84. The topological polar surface area (TPSA) is 61.4 Å². The van der Waals surface area contributed by atoms with Gasteiger partial charge in [0.15, 0.2) is 0 Å². The fourth-order valence-corrected chi connectivity index (χ4v) is 2.69. The molecule has 1 fully saturated rings. The molecule has 6 heteroatoms. The summed E-state index contributed by atoms with van der Waals surface area (Å²) >= 11 is 0. The Morgan fingerprint density at radius 1 is 1.22 bits per heavy atom. The molecule has 2 rings (SSSR count). The van der Waals surface area contributed by atoms with E-state index >= 15 is 0 Å². The van der Waals surface area contributed by atoms with Gasteiger partial charge in [0, 0.05) is 36.8 Å². The van der Waals surface area contributed by atoms with E-state index in [4.69, 9.17) is 0 Å². The van der Waals surface area contributed by atoms with Crippen molar-refractivity contribution in [2.45, 2.75) is 32.2 Å². The van der Waals surface area contributed by atoms with E-state index in [0.717, 1.165) is 32.4 Å². The quantitative estimate of drug-likeness (QED) is 0.863. The zero-order chi connectivity index (χ0) is 15.9. The SMILES string of the molecule is CCCNC(=O)c1cccc(C(=O)N2CCC(NC)CC2)c1.Cl. The molecule has 0 bridgehead atoms. The van der Waals surface area contributed by atoms with Crippen LogP contribution in [-0.2, 0) is 0 Å². The van der Waals surface area contributed by atoms with Gasteiger partial charge < -0.3 is 15.5 Å². The van der Waals surface area contributed by atoms with Crippen LogP contribution in [0.2, 0.25) is 0 Å². The first kappa shape index (κ1) is 19.5. The van der Waals surface area contributed by atoms with Gasteiger partial charge in [-0.15, -0.1) is 12.4 Å². The second-order valence-corrected chi connectivity index (χ2v) is 5.69. The van der Waals surface area contributed by atoms with Crippen molar-refractivity contribution in [1.82, 2.24) is 15.5 Å². The monoisotopic (exact) mass is 339 g/mol. The summed E-state index contributed by atoms with van der Waals surface area (Å²) in [5.41, 5.74) is 1.14. The van der Waals surface area contributed by atoms with Gasteiger partial charge in [-0.1, -0.05) is 13.0 Å². The number of nitrogens with one attached hydrogen (secondary N) is 2. The molecule has 0 spiro atoms. The van der Waals surface area contributed by atoms with Crippen LogP contribution >= 0.6 is 12.4 Å². The van der Waals surface area contributed by atoms with Crippen molar-refractivity contribution in [2.75, 3.05) is 26.7 Å². The first-order valence-corrected chi connectivity index (χ1v) is 8.00. The van der Waals surface area contributed by atoms with Gasteiger partial charge in [-0.2, -0.15) is 0 Å². The Labute approximate surface area is 144 Å². The second-order valence-electron chi connectivity index (χ2n) is 5.69. The largest absolute Gasteiger partial charge is 0.352 e. The summed E-state index contributed by atoms with van der Waals surface area (Å²) in [7, 11) is 1.96. The molecule has 0 aromatic heterocycles. The highest BCUT2D eigenvalue weighted by Gasteiger charge is 2.23. The van der Waals surface area contributed by atoms with Crippen LogP contribution in [0.1, 0.15) is 46.9 Å². The number of carbonyl (C=O) groups excluding carboxylic acids is 2. The van der Waals surface area contributed by atoms with Crippen LogP contribution in [0.25, 0.3) is 0 Å². The van der Waals surface area contributed by atoms with Crippen LogP contribution in [0.4, 0.5) is 0 Å². The summed E-state index contributed by atoms with van der Waals surface area (Å²) in [5, 5.41) is 6.09. The van der Waals surface area contributed by atoms with E-state index in [1.807, 2.05) is 18.9 Å². The van der Waals surface area contributed by atoms with Crippen molar-refractivity contribution >= 4 is 24.2 Å². The fraction of sp³-hybridized carbons (Fsp3) is 0.529. The summed E-state index contributed by atoms with van der Waals surface area (Å²) < 4.78 is 0. The molecular formula is C17H26ClN3O2. The Balaban J connectivity index is 0.00000264. The molecule has 0 atom stereocenters. The third-order valence-corrected chi connectivity index (χ3v) is 4.10. The number of carbonyl (C=O) groups is 2. The van der Waals surface area contributed by atoms with Crippen LogP contribution in [0.3, 0.4) is 0 Å². The number of likely N-dealkylation sites (tertiary alicyclic amines) is 1. The lowest BCUT2D eigenvalue weighted by Gasteiger charge is -2.31. The molecule has 0 aliphatic carbocycles. The molecule has 23 heavy (non-hydrogen) atoms. The van der Waals surface area contributed by atoms with Gasteiger partial charge in [0.2, 0.25) is 0 Å². The molecule has 1 aliphatic heterocycles. The van der Waals surface area contributed by atoms with E-state index in [2.05, 4.69) is 10.6 Å². The van der Waals surface area contributed by atoms with E-state index in [-0.39, 0.29) is 24.2 Å². The summed E-state index contributed by atoms with van der Waals surface area (Å²) in [6.45, 7) is 4.18. The zero-order valence-electron chi connectivity index (χ0n) is 13.8. The minimum absolute atomic E-state index is 0. The molecule has 0 unspecified atom stereocenters. The molecule has 1 heterocycles. The summed E-state index contributed by atoms with van der Waals surface area (Å²) in [4.78, 5) is 26.4. The predicted octanol–water partition coefficient (Wildman–Crippen LogP) is 2.07. The lowest BCUT2D eigenvalue weighted by Crippen LogP contribution is -2.44. The number of nitrogens with zero attached hydrogens (tertiary/aromatic N) is 1. The zero-order valence-corrected chi connectivity index (χ0v) is 14.6. The maximum absolute atomic E-state index is 12.6. The lowest BCUT2D eigenvalue weighted by atomic mass is 10.0. The van der Waals surface area contributed by atoms with Crippen molar-refractivity contribution in [3.8, 4) is 0 Å². The van der Waals surface area contributed by atoms with Gasteiger partial charge >= 0.3 is 0 Å². The predicted molar refractivity (Wildman–Crippen MR) is 94.3 cm³/mol. The van der Waals surface area contributed by atoms with E-state index in [0.29, 0.717) is 23.7 Å². The standard InChI is InChI=1S/C17H25N3O2.ClH/c1-3-9-19-16(21)13-5-4-6-14(12-13)17(22)20-10-7-15(18-2)8-11-20;/h4-6,12,15,18H,3,7-11H2,1-2H3,(H,19,21);1H. The molecule has 0 radical (unpaired) electrons. The van der Waals surface area contributed by atoms with Crippen LogP contribution < -0.4 is 10.6 Å². The molecule has 0 saturated carbocycles. The molecule has 2 amide bonds. The maximum atomic E-state index is 12.6. The van der Waals surface area contributed by atoms with Crippen LogP contribution in [0.5, 0.6) is 0 Å². The van der Waals surface area contributed by atoms with Gasteiger partial charge in [0.1, 0.15) is 0 Å². The highest BCUT2D eigenvalue weighted by atomic mass is 35.5. The number of amides is 2. The molecule has 5 nitrogen and oxygen atoms in total. The van der Waals surface area contributed by atoms with Crippen LogP contribution in [0.15, 0.2) is 24.3 Å². The summed E-state index contributed by atoms with van der Waals surface area (Å²) in [5.74, 6) is -0.106. The third kappa shape index (κ3) is 5.22. The number of hydrogen-bond donors (Lipinski definition) is 2. The number of piperidine rings is 1. The number of benzene rings is 1. The second kappa shape index (κ2) is 9.53. The minimum atomic E-state index is -0.120. The Kier molecular flexibility index (Phi) is 8.06. The number of rotatable bonds is 5. The van der Waals surface area contributed by atoms with Crippen LogP contribution in [-0.4, -0.2) is 49.4 Å². The number of halogens is 1. The Morgan fingerprint density at radius 3 is 2.48 bits per heavy atom. The maximum Gasteiger partial charge on any atom is 0.253 e. The van der Waals surface area contributed by atoms with Gasteiger partial charge in [-0.25, -0.2) is 0 Å². The van der Waals surface area contributed by atoms with Crippen molar-refractivity contribution in [1.29, 1.82) is 0 Å². The Bertz CT molecular complexity index is 528. The third-order valence-electron chi connectivity index (χ3n) is 4.10. The Hall–Kier alpha value is -1.59. The minimum Gasteiger partial charge on any atom is -0.352 e. The van der Waals surface area contributed by atoms with Crippen molar-refractivity contribution in [2.24, 2.45) is 0 Å². The average molecular weight is 340 g/mol. The number of hydrogen-bond acceptors (Lipinski definition) is 3. The van der Waals surface area contributed by atoms with Gasteiger partial charge in [0.05, 0.1) is 0 Å².